The average Bonchev–Trinajstić information content (AvgIpc) is 3.12. The maximum Gasteiger partial charge on any atom is 0.253 e. The zero-order chi connectivity index (χ0) is 17.1. The summed E-state index contributed by atoms with van der Waals surface area (Å²) in [7, 11) is 0. The van der Waals surface area contributed by atoms with Gasteiger partial charge in [-0.15, -0.1) is 0 Å². The van der Waals surface area contributed by atoms with Crippen LogP contribution in [0.4, 0.5) is 5.82 Å². The van der Waals surface area contributed by atoms with Gasteiger partial charge in [0.25, 0.3) is 5.91 Å². The second-order valence-electron chi connectivity index (χ2n) is 5.90. The van der Waals surface area contributed by atoms with E-state index in [1.165, 1.54) is 6.33 Å². The van der Waals surface area contributed by atoms with Gasteiger partial charge in [0.15, 0.2) is 0 Å². The number of pyridine rings is 1. The minimum absolute atomic E-state index is 0.0466. The molecule has 0 bridgehead atoms. The van der Waals surface area contributed by atoms with Gasteiger partial charge in [0.2, 0.25) is 0 Å². The quantitative estimate of drug-likeness (QED) is 0.740. The molecule has 1 aliphatic heterocycles. The summed E-state index contributed by atoms with van der Waals surface area (Å²) >= 11 is 0. The van der Waals surface area contributed by atoms with Gasteiger partial charge >= 0.3 is 0 Å². The van der Waals surface area contributed by atoms with Crippen molar-refractivity contribution < 1.29 is 9.53 Å². The number of hydrogen-bond donors (Lipinski definition) is 2. The van der Waals surface area contributed by atoms with Crippen LogP contribution >= 0.6 is 0 Å². The normalized spacial score (nSPS) is 20.3. The number of rotatable bonds is 4. The van der Waals surface area contributed by atoms with E-state index in [0.717, 1.165) is 12.1 Å². The molecule has 8 nitrogen and oxygen atoms in total. The van der Waals surface area contributed by atoms with Gasteiger partial charge in [-0.3, -0.25) is 4.79 Å². The van der Waals surface area contributed by atoms with Crippen LogP contribution in [-0.4, -0.2) is 50.6 Å². The molecule has 3 aromatic rings. The second kappa shape index (κ2) is 6.86. The highest BCUT2D eigenvalue weighted by atomic mass is 16.5. The van der Waals surface area contributed by atoms with E-state index in [-0.39, 0.29) is 18.0 Å². The summed E-state index contributed by atoms with van der Waals surface area (Å²) in [6.45, 7) is 1.13. The van der Waals surface area contributed by atoms with E-state index in [4.69, 9.17) is 4.74 Å². The molecule has 0 radical (unpaired) electrons. The Morgan fingerprint density at radius 1 is 1.20 bits per heavy atom. The fourth-order valence-corrected chi connectivity index (χ4v) is 2.93. The summed E-state index contributed by atoms with van der Waals surface area (Å²) in [4.78, 5) is 24.9. The number of imidazole rings is 1. The third-order valence-electron chi connectivity index (χ3n) is 4.24. The molecule has 1 aliphatic rings. The first-order valence-corrected chi connectivity index (χ1v) is 8.13. The third kappa shape index (κ3) is 3.43. The number of carbonyl (C=O) groups excluding carboxylic acids is 1. The number of ether oxygens (including phenoxy) is 1. The Balaban J connectivity index is 1.47. The van der Waals surface area contributed by atoms with Crippen molar-refractivity contribution >= 4 is 17.4 Å². The molecule has 0 saturated carbocycles. The largest absolute Gasteiger partial charge is 0.379 e. The van der Waals surface area contributed by atoms with Crippen LogP contribution in [0.2, 0.25) is 0 Å². The summed E-state index contributed by atoms with van der Waals surface area (Å²) < 4.78 is 7.38. The van der Waals surface area contributed by atoms with Gasteiger partial charge in [0, 0.05) is 31.4 Å². The zero-order valence-corrected chi connectivity index (χ0v) is 13.5. The first-order valence-electron chi connectivity index (χ1n) is 8.13. The Kier molecular flexibility index (Phi) is 4.26. The van der Waals surface area contributed by atoms with E-state index in [1.54, 1.807) is 30.7 Å². The van der Waals surface area contributed by atoms with Gasteiger partial charge in [0.05, 0.1) is 24.3 Å². The highest BCUT2D eigenvalue weighted by Crippen LogP contribution is 2.14. The number of aromatic nitrogens is 4. The molecular formula is C17H18N6O2. The van der Waals surface area contributed by atoms with Gasteiger partial charge in [-0.25, -0.2) is 15.0 Å². The summed E-state index contributed by atoms with van der Waals surface area (Å²) in [6.07, 6.45) is 9.20. The van der Waals surface area contributed by atoms with Gasteiger partial charge in [0.1, 0.15) is 17.8 Å². The number of anilines is 1. The highest BCUT2D eigenvalue weighted by molar-refractivity contribution is 5.94. The monoisotopic (exact) mass is 338 g/mol. The molecule has 4 heterocycles. The molecule has 1 saturated heterocycles. The summed E-state index contributed by atoms with van der Waals surface area (Å²) in [5.41, 5.74) is 1.41. The third-order valence-corrected chi connectivity index (χ3v) is 4.24. The van der Waals surface area contributed by atoms with Gasteiger partial charge < -0.3 is 19.8 Å². The fourth-order valence-electron chi connectivity index (χ4n) is 2.93. The van der Waals surface area contributed by atoms with E-state index in [9.17, 15) is 4.79 Å². The van der Waals surface area contributed by atoms with Crippen LogP contribution in [0.5, 0.6) is 0 Å². The van der Waals surface area contributed by atoms with Crippen molar-refractivity contribution in [2.24, 2.45) is 0 Å². The van der Waals surface area contributed by atoms with Crippen molar-refractivity contribution in [2.45, 2.75) is 18.5 Å². The lowest BCUT2D eigenvalue weighted by Gasteiger charge is -2.33. The van der Waals surface area contributed by atoms with Crippen molar-refractivity contribution in [1.82, 2.24) is 24.7 Å². The van der Waals surface area contributed by atoms with E-state index in [0.29, 0.717) is 24.6 Å². The van der Waals surface area contributed by atoms with E-state index < -0.39 is 0 Å². The van der Waals surface area contributed by atoms with Crippen LogP contribution in [0.1, 0.15) is 16.8 Å². The Morgan fingerprint density at radius 2 is 2.16 bits per heavy atom. The lowest BCUT2D eigenvalue weighted by Crippen LogP contribution is -2.52. The van der Waals surface area contributed by atoms with Gasteiger partial charge in [-0.05, 0) is 24.6 Å². The molecule has 0 aromatic carbocycles. The predicted molar refractivity (Wildman–Crippen MR) is 91.3 cm³/mol. The number of hydrogen-bond acceptors (Lipinski definition) is 6. The molecule has 25 heavy (non-hydrogen) atoms. The summed E-state index contributed by atoms with van der Waals surface area (Å²) in [5, 5.41) is 6.41. The van der Waals surface area contributed by atoms with Crippen LogP contribution < -0.4 is 10.6 Å². The van der Waals surface area contributed by atoms with Gasteiger partial charge in [-0.1, -0.05) is 0 Å². The first kappa shape index (κ1) is 15.5. The van der Waals surface area contributed by atoms with E-state index >= 15 is 0 Å². The number of fused-ring (bicyclic) bond motifs is 1. The Labute approximate surface area is 144 Å². The molecular weight excluding hydrogens is 320 g/mol. The topological polar surface area (TPSA) is 93.4 Å². The molecule has 0 aliphatic carbocycles. The SMILES string of the molecule is O=C(N[C@H]1CCOC[C@H]1Nc1ccncn1)c1ccc2nccn2c1. The minimum Gasteiger partial charge on any atom is -0.379 e. The molecule has 1 amide bonds. The number of nitrogens with zero attached hydrogens (tertiary/aromatic N) is 4. The molecule has 2 N–H and O–H groups in total. The zero-order valence-electron chi connectivity index (χ0n) is 13.5. The maximum atomic E-state index is 12.6. The van der Waals surface area contributed by atoms with Crippen molar-refractivity contribution in [3.05, 3.63) is 54.9 Å². The van der Waals surface area contributed by atoms with Crippen molar-refractivity contribution in [3.8, 4) is 0 Å². The lowest BCUT2D eigenvalue weighted by atomic mass is 10.0. The number of carbonyl (C=O) groups is 1. The van der Waals surface area contributed by atoms with Crippen LogP contribution in [0.3, 0.4) is 0 Å². The summed E-state index contributed by atoms with van der Waals surface area (Å²) in [6, 6.07) is 5.30. The van der Waals surface area contributed by atoms with E-state index in [2.05, 4.69) is 25.6 Å². The average molecular weight is 338 g/mol. The molecule has 8 heteroatoms. The summed E-state index contributed by atoms with van der Waals surface area (Å²) in [5.74, 6) is 0.599. The van der Waals surface area contributed by atoms with Crippen LogP contribution in [0.25, 0.3) is 5.65 Å². The standard InChI is InChI=1S/C17H18N6O2/c24-17(12-1-2-16-19-6-7-23(16)9-12)22-13-4-8-25-10-14(13)21-15-3-5-18-11-20-15/h1-3,5-7,9,11,13-14H,4,8,10H2,(H,22,24)(H,18,20,21)/t13-,14+/m0/s1. The fraction of sp³-hybridized carbons (Fsp3) is 0.294. The first-order chi connectivity index (χ1) is 12.3. The second-order valence-corrected chi connectivity index (χ2v) is 5.90. The lowest BCUT2D eigenvalue weighted by molar-refractivity contribution is 0.0620. The predicted octanol–water partition coefficient (Wildman–Crippen LogP) is 1.12. The van der Waals surface area contributed by atoms with E-state index in [1.807, 2.05) is 16.7 Å². The van der Waals surface area contributed by atoms with Crippen LogP contribution in [-0.2, 0) is 4.74 Å². The Bertz CT molecular complexity index is 866. The minimum atomic E-state index is -0.114. The Hall–Kier alpha value is -3.00. The number of amides is 1. The highest BCUT2D eigenvalue weighted by Gasteiger charge is 2.27. The molecule has 0 spiro atoms. The molecule has 3 aromatic heterocycles. The van der Waals surface area contributed by atoms with Crippen LogP contribution in [0.15, 0.2) is 49.3 Å². The van der Waals surface area contributed by atoms with Crippen molar-refractivity contribution in [2.75, 3.05) is 18.5 Å². The molecule has 0 unspecified atom stereocenters. The molecule has 128 valence electrons. The van der Waals surface area contributed by atoms with Crippen molar-refractivity contribution in [3.63, 3.8) is 0 Å². The molecule has 1 fully saturated rings. The maximum absolute atomic E-state index is 12.6. The number of nitrogens with one attached hydrogen (secondary N) is 2. The van der Waals surface area contributed by atoms with Gasteiger partial charge in [-0.2, -0.15) is 0 Å². The van der Waals surface area contributed by atoms with Crippen molar-refractivity contribution in [1.29, 1.82) is 0 Å². The van der Waals surface area contributed by atoms with Crippen LogP contribution in [0, 0.1) is 0 Å². The molecule has 4 rings (SSSR count). The smallest absolute Gasteiger partial charge is 0.253 e. The Morgan fingerprint density at radius 3 is 3.04 bits per heavy atom. The molecule has 2 atom stereocenters.